The lowest BCUT2D eigenvalue weighted by molar-refractivity contribution is 0.712. The zero-order valence-electron chi connectivity index (χ0n) is 12.1. The van der Waals surface area contributed by atoms with Gasteiger partial charge in [-0.05, 0) is 45.8 Å². The number of nitrogens with zero attached hydrogens (tertiary/aromatic N) is 2. The Morgan fingerprint density at radius 1 is 1.17 bits per heavy atom. The Balaban J connectivity index is 1.95. The first-order valence-corrected chi connectivity index (χ1v) is 8.25. The van der Waals surface area contributed by atoms with Crippen molar-refractivity contribution in [3.05, 3.63) is 72.4 Å². The third-order valence-corrected chi connectivity index (χ3v) is 4.68. The smallest absolute Gasteiger partial charge is 0.307 e. The van der Waals surface area contributed by atoms with Crippen LogP contribution in [0.5, 0.6) is 0 Å². The molecule has 0 saturated carbocycles. The molecule has 2 aromatic carbocycles. The molecule has 0 aliphatic rings. The number of aromatic nitrogens is 4. The summed E-state index contributed by atoms with van der Waals surface area (Å²) in [6.07, 6.45) is 0. The molecule has 0 saturated heterocycles. The van der Waals surface area contributed by atoms with Crippen molar-refractivity contribution < 1.29 is 0 Å². The molecule has 0 aliphatic heterocycles. The molecule has 0 radical (unpaired) electrons. The Morgan fingerprint density at radius 2 is 2.00 bits per heavy atom. The quantitative estimate of drug-likeness (QED) is 0.538. The maximum Gasteiger partial charge on any atom is 0.329 e. The van der Waals surface area contributed by atoms with E-state index in [1.165, 1.54) is 0 Å². The largest absolute Gasteiger partial charge is 0.329 e. The highest BCUT2D eigenvalue weighted by atomic mass is 79.9. The first-order chi connectivity index (χ1) is 11.5. The fraction of sp³-hybridized carbons (Fsp3) is 0.0625. The minimum atomic E-state index is -0.471. The van der Waals surface area contributed by atoms with E-state index in [1.54, 1.807) is 30.3 Å². The fourth-order valence-electron chi connectivity index (χ4n) is 2.69. The van der Waals surface area contributed by atoms with Gasteiger partial charge in [0.15, 0.2) is 0 Å². The van der Waals surface area contributed by atoms with E-state index in [-0.39, 0.29) is 12.1 Å². The zero-order valence-corrected chi connectivity index (χ0v) is 14.5. The third kappa shape index (κ3) is 2.46. The molecule has 2 N–H and O–H groups in total. The van der Waals surface area contributed by atoms with Crippen LogP contribution in [0.1, 0.15) is 5.56 Å². The average Bonchev–Trinajstić information content (AvgIpc) is 2.91. The van der Waals surface area contributed by atoms with Gasteiger partial charge in [0.05, 0.1) is 23.0 Å². The molecule has 0 atom stereocenters. The maximum atomic E-state index is 12.8. The second kappa shape index (κ2) is 5.61. The van der Waals surface area contributed by atoms with Gasteiger partial charge in [-0.3, -0.25) is 14.5 Å². The summed E-state index contributed by atoms with van der Waals surface area (Å²) in [5.41, 5.74) is 1.07. The van der Waals surface area contributed by atoms with Crippen molar-refractivity contribution in [1.29, 1.82) is 0 Å². The van der Waals surface area contributed by atoms with Crippen molar-refractivity contribution in [3.63, 3.8) is 0 Å². The Kier molecular flexibility index (Phi) is 3.54. The summed E-state index contributed by atoms with van der Waals surface area (Å²) in [5.74, 6) is 0. The van der Waals surface area contributed by atoms with Gasteiger partial charge >= 0.3 is 5.69 Å². The predicted molar refractivity (Wildman–Crippen MR) is 96.7 cm³/mol. The van der Waals surface area contributed by atoms with E-state index in [0.717, 1.165) is 15.5 Å². The molecule has 0 spiro atoms. The van der Waals surface area contributed by atoms with E-state index in [9.17, 15) is 9.59 Å². The van der Waals surface area contributed by atoms with E-state index in [0.29, 0.717) is 26.0 Å². The number of halogens is 2. The van der Waals surface area contributed by atoms with Gasteiger partial charge in [0.2, 0.25) is 0 Å². The lowest BCUT2D eigenvalue weighted by Crippen LogP contribution is -2.35. The monoisotopic (exact) mass is 404 g/mol. The van der Waals surface area contributed by atoms with E-state index < -0.39 is 5.69 Å². The van der Waals surface area contributed by atoms with E-state index in [2.05, 4.69) is 31.1 Å². The van der Waals surface area contributed by atoms with Crippen LogP contribution in [0, 0.1) is 0 Å². The number of rotatable bonds is 2. The molecule has 0 bridgehead atoms. The predicted octanol–water partition coefficient (Wildman–Crippen LogP) is 3.03. The first kappa shape index (κ1) is 15.2. The minimum absolute atomic E-state index is 0.148. The number of aromatic amines is 2. The maximum absolute atomic E-state index is 12.8. The summed E-state index contributed by atoms with van der Waals surface area (Å²) in [4.78, 5) is 27.8. The first-order valence-electron chi connectivity index (χ1n) is 7.08. The normalized spacial score (nSPS) is 11.4. The van der Waals surface area contributed by atoms with Gasteiger partial charge in [-0.25, -0.2) is 4.79 Å². The fourth-order valence-corrected chi connectivity index (χ4v) is 3.31. The van der Waals surface area contributed by atoms with Crippen LogP contribution in [0.4, 0.5) is 0 Å². The molecule has 0 amide bonds. The molecule has 4 aromatic rings. The van der Waals surface area contributed by atoms with E-state index in [1.807, 2.05) is 6.07 Å². The van der Waals surface area contributed by atoms with Crippen LogP contribution in [0.2, 0.25) is 5.02 Å². The number of nitrogens with one attached hydrogen (secondary N) is 2. The Bertz CT molecular complexity index is 1210. The van der Waals surface area contributed by atoms with Gasteiger partial charge in [0, 0.05) is 10.4 Å². The summed E-state index contributed by atoms with van der Waals surface area (Å²) in [5, 5.41) is 8.67. The molecule has 0 unspecified atom stereocenters. The topological polar surface area (TPSA) is 83.5 Å². The molecule has 0 fully saturated rings. The molecule has 0 aliphatic carbocycles. The Hall–Kier alpha value is -2.38. The third-order valence-electron chi connectivity index (χ3n) is 3.84. The van der Waals surface area contributed by atoms with Gasteiger partial charge in [0.1, 0.15) is 4.60 Å². The molecule has 24 heavy (non-hydrogen) atoms. The van der Waals surface area contributed by atoms with E-state index >= 15 is 0 Å². The van der Waals surface area contributed by atoms with Crippen LogP contribution in [-0.4, -0.2) is 19.7 Å². The number of H-pyrrole nitrogens is 2. The van der Waals surface area contributed by atoms with E-state index in [4.69, 9.17) is 11.6 Å². The second-order valence-corrected chi connectivity index (χ2v) is 6.63. The Labute approximate surface area is 148 Å². The zero-order chi connectivity index (χ0) is 16.8. The summed E-state index contributed by atoms with van der Waals surface area (Å²) in [7, 11) is 0. The van der Waals surface area contributed by atoms with Gasteiger partial charge in [-0.1, -0.05) is 23.7 Å². The molecule has 120 valence electrons. The van der Waals surface area contributed by atoms with Gasteiger partial charge in [-0.2, -0.15) is 5.10 Å². The number of hydrogen-bond acceptors (Lipinski definition) is 3. The lowest BCUT2D eigenvalue weighted by Gasteiger charge is -2.07. The van der Waals surface area contributed by atoms with Gasteiger partial charge in [-0.15, -0.1) is 0 Å². The van der Waals surface area contributed by atoms with Crippen LogP contribution in [0.15, 0.2) is 50.6 Å². The van der Waals surface area contributed by atoms with Crippen LogP contribution in [0.25, 0.3) is 21.8 Å². The summed E-state index contributed by atoms with van der Waals surface area (Å²) in [6, 6.07) is 10.5. The van der Waals surface area contributed by atoms with Crippen LogP contribution >= 0.6 is 27.5 Å². The molecule has 6 nitrogen and oxygen atoms in total. The molecular weight excluding hydrogens is 396 g/mol. The number of hydrogen-bond donors (Lipinski definition) is 2. The Morgan fingerprint density at radius 3 is 2.79 bits per heavy atom. The average molecular weight is 406 g/mol. The molecule has 4 rings (SSSR count). The van der Waals surface area contributed by atoms with Crippen molar-refractivity contribution in [3.8, 4) is 0 Å². The summed E-state index contributed by atoms with van der Waals surface area (Å²) >= 11 is 9.33. The van der Waals surface area contributed by atoms with Crippen molar-refractivity contribution in [2.45, 2.75) is 6.54 Å². The van der Waals surface area contributed by atoms with Crippen LogP contribution < -0.4 is 11.2 Å². The van der Waals surface area contributed by atoms with Crippen LogP contribution in [0.3, 0.4) is 0 Å². The lowest BCUT2D eigenvalue weighted by atomic mass is 10.2. The van der Waals surface area contributed by atoms with Crippen molar-refractivity contribution in [1.82, 2.24) is 19.7 Å². The molecule has 2 aromatic heterocycles. The summed E-state index contributed by atoms with van der Waals surface area (Å²) < 4.78 is 1.85. The van der Waals surface area contributed by atoms with Gasteiger partial charge in [0.25, 0.3) is 5.56 Å². The number of benzene rings is 2. The van der Waals surface area contributed by atoms with Crippen LogP contribution in [-0.2, 0) is 6.54 Å². The second-order valence-electron chi connectivity index (χ2n) is 5.40. The van der Waals surface area contributed by atoms with Gasteiger partial charge < -0.3 is 4.98 Å². The van der Waals surface area contributed by atoms with Crippen molar-refractivity contribution >= 4 is 49.3 Å². The SMILES string of the molecule is O=c1[nH]c2cc3n[nH]c(Br)c3cc2c(=O)n1Cc1cccc(Cl)c1. The highest BCUT2D eigenvalue weighted by molar-refractivity contribution is 9.10. The molecule has 8 heteroatoms. The van der Waals surface area contributed by atoms with Crippen molar-refractivity contribution in [2.75, 3.05) is 0 Å². The minimum Gasteiger partial charge on any atom is -0.307 e. The standard InChI is InChI=1S/C16H10BrClN4O2/c17-14-10-5-11-12(6-13(10)20-21-14)19-16(24)22(15(11)23)7-8-2-1-3-9(18)4-8/h1-6H,7H2,(H,19,24)(H,20,21). The molecule has 2 heterocycles. The van der Waals surface area contributed by atoms with Crippen molar-refractivity contribution in [2.24, 2.45) is 0 Å². The highest BCUT2D eigenvalue weighted by Crippen LogP contribution is 2.23. The molecular formula is C16H10BrClN4O2. The summed E-state index contributed by atoms with van der Waals surface area (Å²) in [6.45, 7) is 0.148. The highest BCUT2D eigenvalue weighted by Gasteiger charge is 2.12. The number of fused-ring (bicyclic) bond motifs is 2.